The molecule has 0 aromatic heterocycles. The van der Waals surface area contributed by atoms with E-state index in [1.165, 1.54) is 12.1 Å². The fourth-order valence-corrected chi connectivity index (χ4v) is 1.41. The van der Waals surface area contributed by atoms with E-state index in [9.17, 15) is 9.18 Å². The highest BCUT2D eigenvalue weighted by Gasteiger charge is 2.03. The summed E-state index contributed by atoms with van der Waals surface area (Å²) in [5.74, 6) is 0.348. The highest BCUT2D eigenvalue weighted by molar-refractivity contribution is 5.75. The molecule has 5 heteroatoms. The van der Waals surface area contributed by atoms with E-state index in [1.54, 1.807) is 12.1 Å². The average molecular weight is 268 g/mol. The van der Waals surface area contributed by atoms with Crippen molar-refractivity contribution in [3.63, 3.8) is 0 Å². The standard InChI is InChI=1S/C14H21FN2O2/c1-11(16-2)10-17-14(18)4-3-9-19-13-7-5-12(15)6-8-13/h5-8,11,16H,3-4,9-10H2,1-2H3,(H,17,18). The van der Waals surface area contributed by atoms with Gasteiger partial charge in [0.25, 0.3) is 0 Å². The van der Waals surface area contributed by atoms with Crippen LogP contribution in [0.4, 0.5) is 4.39 Å². The number of nitrogens with one attached hydrogen (secondary N) is 2. The minimum Gasteiger partial charge on any atom is -0.494 e. The number of likely N-dealkylation sites (N-methyl/N-ethyl adjacent to an activating group) is 1. The number of halogens is 1. The summed E-state index contributed by atoms with van der Waals surface area (Å²) in [6.45, 7) is 3.06. The maximum Gasteiger partial charge on any atom is 0.220 e. The number of hydrogen-bond donors (Lipinski definition) is 2. The third-order valence-electron chi connectivity index (χ3n) is 2.73. The van der Waals surface area contributed by atoms with E-state index >= 15 is 0 Å². The predicted molar refractivity (Wildman–Crippen MR) is 72.7 cm³/mol. The van der Waals surface area contributed by atoms with Gasteiger partial charge in [0.1, 0.15) is 11.6 Å². The first kappa shape index (κ1) is 15.4. The fourth-order valence-electron chi connectivity index (χ4n) is 1.41. The third-order valence-corrected chi connectivity index (χ3v) is 2.73. The van der Waals surface area contributed by atoms with Crippen molar-refractivity contribution in [3.8, 4) is 5.75 Å². The van der Waals surface area contributed by atoms with Crippen molar-refractivity contribution in [2.24, 2.45) is 0 Å². The number of carbonyl (C=O) groups is 1. The molecule has 0 bridgehead atoms. The van der Waals surface area contributed by atoms with Crippen LogP contribution in [0.1, 0.15) is 19.8 Å². The minimum atomic E-state index is -0.287. The van der Waals surface area contributed by atoms with Crippen molar-refractivity contribution >= 4 is 5.91 Å². The van der Waals surface area contributed by atoms with Gasteiger partial charge in [-0.25, -0.2) is 4.39 Å². The molecule has 4 nitrogen and oxygen atoms in total. The molecule has 0 radical (unpaired) electrons. The first-order valence-electron chi connectivity index (χ1n) is 6.44. The third kappa shape index (κ3) is 6.76. The average Bonchev–Trinajstić information content (AvgIpc) is 2.42. The molecule has 0 aliphatic heterocycles. The van der Waals surface area contributed by atoms with Crippen LogP contribution in [-0.2, 0) is 4.79 Å². The van der Waals surface area contributed by atoms with Crippen molar-refractivity contribution in [2.75, 3.05) is 20.2 Å². The zero-order chi connectivity index (χ0) is 14.1. The van der Waals surface area contributed by atoms with Gasteiger partial charge in [-0.15, -0.1) is 0 Å². The van der Waals surface area contributed by atoms with E-state index in [4.69, 9.17) is 4.74 Å². The topological polar surface area (TPSA) is 50.4 Å². The Kier molecular flexibility index (Phi) is 6.89. The summed E-state index contributed by atoms with van der Waals surface area (Å²) in [5, 5.41) is 5.88. The second-order valence-corrected chi connectivity index (χ2v) is 4.40. The molecule has 0 fully saturated rings. The SMILES string of the molecule is CNC(C)CNC(=O)CCCOc1ccc(F)cc1. The Hall–Kier alpha value is -1.62. The summed E-state index contributed by atoms with van der Waals surface area (Å²) in [4.78, 5) is 11.5. The van der Waals surface area contributed by atoms with Crippen LogP contribution >= 0.6 is 0 Å². The van der Waals surface area contributed by atoms with Crippen LogP contribution in [0, 0.1) is 5.82 Å². The Bertz CT molecular complexity index is 382. The summed E-state index contributed by atoms with van der Waals surface area (Å²) < 4.78 is 18.0. The van der Waals surface area contributed by atoms with Crippen LogP contribution in [0.5, 0.6) is 5.75 Å². The lowest BCUT2D eigenvalue weighted by molar-refractivity contribution is -0.121. The molecule has 0 saturated heterocycles. The van der Waals surface area contributed by atoms with E-state index in [-0.39, 0.29) is 17.8 Å². The van der Waals surface area contributed by atoms with Gasteiger partial charge in [0, 0.05) is 19.0 Å². The molecule has 1 aromatic rings. The normalized spacial score (nSPS) is 11.9. The Balaban J connectivity index is 2.10. The van der Waals surface area contributed by atoms with Crippen LogP contribution in [0.15, 0.2) is 24.3 Å². The van der Waals surface area contributed by atoms with E-state index in [2.05, 4.69) is 10.6 Å². The van der Waals surface area contributed by atoms with Crippen LogP contribution in [0.25, 0.3) is 0 Å². The molecule has 1 unspecified atom stereocenters. The second kappa shape index (κ2) is 8.48. The molecular weight excluding hydrogens is 247 g/mol. The van der Waals surface area contributed by atoms with Gasteiger partial charge in [0.05, 0.1) is 6.61 Å². The Morgan fingerprint density at radius 2 is 2.05 bits per heavy atom. The summed E-state index contributed by atoms with van der Waals surface area (Å²) in [6, 6.07) is 6.11. The molecule has 0 aliphatic carbocycles. The van der Waals surface area contributed by atoms with E-state index < -0.39 is 0 Å². The molecule has 0 heterocycles. The molecule has 1 aromatic carbocycles. The smallest absolute Gasteiger partial charge is 0.220 e. The Morgan fingerprint density at radius 1 is 1.37 bits per heavy atom. The molecule has 0 aliphatic rings. The van der Waals surface area contributed by atoms with Gasteiger partial charge < -0.3 is 15.4 Å². The maximum atomic E-state index is 12.6. The first-order valence-corrected chi connectivity index (χ1v) is 6.44. The van der Waals surface area contributed by atoms with Gasteiger partial charge in [-0.1, -0.05) is 0 Å². The van der Waals surface area contributed by atoms with Crippen molar-refractivity contribution in [1.29, 1.82) is 0 Å². The molecule has 106 valence electrons. The van der Waals surface area contributed by atoms with Gasteiger partial charge in [-0.05, 0) is 44.7 Å². The highest BCUT2D eigenvalue weighted by atomic mass is 19.1. The maximum absolute atomic E-state index is 12.6. The molecule has 0 saturated carbocycles. The number of ether oxygens (including phenoxy) is 1. The molecule has 2 N–H and O–H groups in total. The lowest BCUT2D eigenvalue weighted by atomic mass is 10.3. The number of benzene rings is 1. The summed E-state index contributed by atoms with van der Waals surface area (Å²) >= 11 is 0. The van der Waals surface area contributed by atoms with E-state index in [0.29, 0.717) is 31.7 Å². The fraction of sp³-hybridized carbons (Fsp3) is 0.500. The molecule has 19 heavy (non-hydrogen) atoms. The monoisotopic (exact) mass is 268 g/mol. The summed E-state index contributed by atoms with van der Waals surface area (Å²) in [5.41, 5.74) is 0. The number of hydrogen-bond acceptors (Lipinski definition) is 3. The zero-order valence-corrected chi connectivity index (χ0v) is 11.4. The molecular formula is C14H21FN2O2. The number of carbonyl (C=O) groups excluding carboxylic acids is 1. The molecule has 0 spiro atoms. The van der Waals surface area contributed by atoms with Gasteiger partial charge in [-0.3, -0.25) is 4.79 Å². The minimum absolute atomic E-state index is 0.0183. The number of amides is 1. The Morgan fingerprint density at radius 3 is 2.68 bits per heavy atom. The molecule has 1 amide bonds. The lowest BCUT2D eigenvalue weighted by Gasteiger charge is -2.11. The van der Waals surface area contributed by atoms with Crippen molar-refractivity contribution in [3.05, 3.63) is 30.1 Å². The van der Waals surface area contributed by atoms with Gasteiger partial charge >= 0.3 is 0 Å². The molecule has 1 atom stereocenters. The largest absolute Gasteiger partial charge is 0.494 e. The van der Waals surface area contributed by atoms with Gasteiger partial charge in [-0.2, -0.15) is 0 Å². The quantitative estimate of drug-likeness (QED) is 0.706. The zero-order valence-electron chi connectivity index (χ0n) is 11.4. The van der Waals surface area contributed by atoms with Crippen molar-refractivity contribution in [1.82, 2.24) is 10.6 Å². The molecule has 1 rings (SSSR count). The first-order chi connectivity index (χ1) is 9.11. The lowest BCUT2D eigenvalue weighted by Crippen LogP contribution is -2.37. The predicted octanol–water partition coefficient (Wildman–Crippen LogP) is 1.71. The van der Waals surface area contributed by atoms with Crippen molar-refractivity contribution in [2.45, 2.75) is 25.8 Å². The van der Waals surface area contributed by atoms with Crippen molar-refractivity contribution < 1.29 is 13.9 Å². The van der Waals surface area contributed by atoms with Crippen LogP contribution < -0.4 is 15.4 Å². The van der Waals surface area contributed by atoms with Crippen LogP contribution in [-0.4, -0.2) is 32.1 Å². The summed E-state index contributed by atoms with van der Waals surface area (Å²) in [7, 11) is 1.85. The van der Waals surface area contributed by atoms with Gasteiger partial charge in [0.2, 0.25) is 5.91 Å². The van der Waals surface area contributed by atoms with Crippen LogP contribution in [0.3, 0.4) is 0 Å². The van der Waals surface area contributed by atoms with E-state index in [1.807, 2.05) is 14.0 Å². The summed E-state index contributed by atoms with van der Waals surface area (Å²) in [6.07, 6.45) is 1.06. The number of rotatable bonds is 8. The van der Waals surface area contributed by atoms with E-state index in [0.717, 1.165) is 0 Å². The van der Waals surface area contributed by atoms with Gasteiger partial charge in [0.15, 0.2) is 0 Å². The van der Waals surface area contributed by atoms with Crippen LogP contribution in [0.2, 0.25) is 0 Å². The Labute approximate surface area is 113 Å². The second-order valence-electron chi connectivity index (χ2n) is 4.40. The highest BCUT2D eigenvalue weighted by Crippen LogP contribution is 2.11.